The molecule has 0 amide bonds. The maximum Gasteiger partial charge on any atom is 0.338 e. The average Bonchev–Trinajstić information content (AvgIpc) is 2.45. The van der Waals surface area contributed by atoms with E-state index in [0.717, 1.165) is 10.6 Å². The molecule has 5 heteroatoms. The van der Waals surface area contributed by atoms with Crippen molar-refractivity contribution in [2.45, 2.75) is 11.4 Å². The fraction of sp³-hybridized carbons (Fsp3) is 0.133. The fourth-order valence-corrected chi connectivity index (χ4v) is 2.40. The molecule has 3 nitrogen and oxygen atoms in total. The second-order valence-electron chi connectivity index (χ2n) is 4.17. The Labute approximate surface area is 120 Å². The van der Waals surface area contributed by atoms with Gasteiger partial charge in [-0.3, -0.25) is 0 Å². The lowest BCUT2D eigenvalue weighted by Crippen LogP contribution is -2.04. The van der Waals surface area contributed by atoms with E-state index < -0.39 is 11.8 Å². The van der Waals surface area contributed by atoms with E-state index in [1.165, 1.54) is 12.1 Å². The molecule has 0 aliphatic heterocycles. The van der Waals surface area contributed by atoms with E-state index in [-0.39, 0.29) is 5.56 Å². The number of hydrogen-bond acceptors (Lipinski definition) is 3. The summed E-state index contributed by atoms with van der Waals surface area (Å²) in [4.78, 5) is 11.8. The summed E-state index contributed by atoms with van der Waals surface area (Å²) in [5, 5.41) is 12.0. The van der Waals surface area contributed by atoms with Crippen molar-refractivity contribution >= 4 is 23.4 Å². The zero-order chi connectivity index (χ0) is 14.5. The van der Waals surface area contributed by atoms with Gasteiger partial charge in [-0.05, 0) is 36.1 Å². The number of thioether (sulfide) groups is 1. The van der Waals surface area contributed by atoms with Gasteiger partial charge in [-0.2, -0.15) is 0 Å². The minimum Gasteiger partial charge on any atom is -0.478 e. The topological polar surface area (TPSA) is 49.3 Å². The number of carbonyl (C=O) groups is 1. The van der Waals surface area contributed by atoms with Crippen LogP contribution in [-0.4, -0.2) is 17.3 Å². The molecule has 104 valence electrons. The van der Waals surface area contributed by atoms with Crippen molar-refractivity contribution in [1.29, 1.82) is 0 Å². The minimum absolute atomic E-state index is 0.307. The first kappa shape index (κ1) is 14.4. The normalized spacial score (nSPS) is 10.3. The second-order valence-corrected chi connectivity index (χ2v) is 5.02. The molecule has 0 unspecified atom stereocenters. The number of carboxylic acids is 1. The van der Waals surface area contributed by atoms with Crippen LogP contribution >= 0.6 is 11.8 Å². The maximum atomic E-state index is 13.6. The van der Waals surface area contributed by atoms with E-state index in [0.29, 0.717) is 12.1 Å². The van der Waals surface area contributed by atoms with Crippen LogP contribution in [0, 0.1) is 5.82 Å². The van der Waals surface area contributed by atoms with Crippen LogP contribution in [0.25, 0.3) is 0 Å². The van der Waals surface area contributed by atoms with Crippen molar-refractivity contribution in [2.75, 3.05) is 11.6 Å². The zero-order valence-corrected chi connectivity index (χ0v) is 11.7. The number of anilines is 1. The van der Waals surface area contributed by atoms with Crippen LogP contribution in [0.5, 0.6) is 0 Å². The van der Waals surface area contributed by atoms with E-state index >= 15 is 0 Å². The largest absolute Gasteiger partial charge is 0.478 e. The van der Waals surface area contributed by atoms with Crippen molar-refractivity contribution in [3.05, 3.63) is 59.4 Å². The molecule has 0 saturated heterocycles. The highest BCUT2D eigenvalue weighted by atomic mass is 32.2. The second kappa shape index (κ2) is 6.43. The zero-order valence-electron chi connectivity index (χ0n) is 10.9. The summed E-state index contributed by atoms with van der Waals surface area (Å²) in [5.74, 6) is -1.97. The molecular weight excluding hydrogens is 277 g/mol. The molecule has 0 saturated carbocycles. The minimum atomic E-state index is -1.25. The number of carboxylic acid groups (broad SMARTS) is 1. The van der Waals surface area contributed by atoms with Crippen LogP contribution in [0.4, 0.5) is 10.1 Å². The standard InChI is InChI=1S/C15H14FNO2S/c1-20-14-5-3-2-4-13(14)17-9-10-6-7-11(15(18)19)12(16)8-10/h2-8,17H,9H2,1H3,(H,18,19). The maximum absolute atomic E-state index is 13.6. The van der Waals surface area contributed by atoms with Crippen LogP contribution in [0.2, 0.25) is 0 Å². The molecule has 0 aromatic heterocycles. The Kier molecular flexibility index (Phi) is 4.63. The number of para-hydroxylation sites is 1. The lowest BCUT2D eigenvalue weighted by molar-refractivity contribution is 0.0692. The summed E-state index contributed by atoms with van der Waals surface area (Å²) < 4.78 is 13.6. The van der Waals surface area contributed by atoms with Gasteiger partial charge in [0.25, 0.3) is 0 Å². The van der Waals surface area contributed by atoms with Gasteiger partial charge in [0, 0.05) is 17.1 Å². The van der Waals surface area contributed by atoms with E-state index in [4.69, 9.17) is 5.11 Å². The number of nitrogens with one attached hydrogen (secondary N) is 1. The van der Waals surface area contributed by atoms with E-state index in [1.807, 2.05) is 30.5 Å². The number of hydrogen-bond donors (Lipinski definition) is 2. The third-order valence-electron chi connectivity index (χ3n) is 2.85. The van der Waals surface area contributed by atoms with E-state index in [9.17, 15) is 9.18 Å². The molecule has 0 radical (unpaired) electrons. The molecule has 2 aromatic rings. The van der Waals surface area contributed by atoms with Gasteiger partial charge in [-0.15, -0.1) is 11.8 Å². The Morgan fingerprint density at radius 2 is 2.05 bits per heavy atom. The monoisotopic (exact) mass is 291 g/mol. The summed E-state index contributed by atoms with van der Waals surface area (Å²) in [6.45, 7) is 0.439. The molecule has 20 heavy (non-hydrogen) atoms. The van der Waals surface area contributed by atoms with Crippen LogP contribution in [0.15, 0.2) is 47.4 Å². The summed E-state index contributed by atoms with van der Waals surface area (Å²) in [6, 6.07) is 12.0. The van der Waals surface area contributed by atoms with E-state index in [1.54, 1.807) is 17.8 Å². The molecule has 0 fully saturated rings. The molecular formula is C15H14FNO2S. The number of halogens is 1. The van der Waals surface area contributed by atoms with Gasteiger partial charge in [0.15, 0.2) is 0 Å². The first-order valence-corrected chi connectivity index (χ1v) is 7.23. The Morgan fingerprint density at radius 1 is 1.30 bits per heavy atom. The van der Waals surface area contributed by atoms with Gasteiger partial charge in [0.1, 0.15) is 5.82 Å². The SMILES string of the molecule is CSc1ccccc1NCc1ccc(C(=O)O)c(F)c1. The van der Waals surface area contributed by atoms with Gasteiger partial charge < -0.3 is 10.4 Å². The summed E-state index contributed by atoms with van der Waals surface area (Å²) in [6.07, 6.45) is 1.99. The van der Waals surface area contributed by atoms with Crippen LogP contribution in [0.1, 0.15) is 15.9 Å². The van der Waals surface area contributed by atoms with Crippen molar-refractivity contribution in [1.82, 2.24) is 0 Å². The van der Waals surface area contributed by atoms with Crippen LogP contribution in [0.3, 0.4) is 0 Å². The van der Waals surface area contributed by atoms with Gasteiger partial charge in [-0.1, -0.05) is 18.2 Å². The molecule has 0 bridgehead atoms. The molecule has 0 aliphatic rings. The first-order valence-electron chi connectivity index (χ1n) is 6.00. The van der Waals surface area contributed by atoms with Gasteiger partial charge >= 0.3 is 5.97 Å². The average molecular weight is 291 g/mol. The molecule has 2 N–H and O–H groups in total. The number of rotatable bonds is 5. The van der Waals surface area contributed by atoms with Crippen molar-refractivity contribution in [3.8, 4) is 0 Å². The Balaban J connectivity index is 2.11. The smallest absolute Gasteiger partial charge is 0.338 e. The molecule has 2 aromatic carbocycles. The lowest BCUT2D eigenvalue weighted by Gasteiger charge is -2.10. The predicted octanol–water partition coefficient (Wildman–Crippen LogP) is 3.86. The molecule has 0 aliphatic carbocycles. The molecule has 0 spiro atoms. The lowest BCUT2D eigenvalue weighted by atomic mass is 10.1. The van der Waals surface area contributed by atoms with Crippen molar-refractivity contribution in [3.63, 3.8) is 0 Å². The summed E-state index contributed by atoms with van der Waals surface area (Å²) >= 11 is 1.63. The van der Waals surface area contributed by atoms with Crippen molar-refractivity contribution < 1.29 is 14.3 Å². The fourth-order valence-electron chi connectivity index (χ4n) is 1.83. The Bertz CT molecular complexity index is 631. The van der Waals surface area contributed by atoms with Gasteiger partial charge in [0.05, 0.1) is 5.56 Å². The third kappa shape index (κ3) is 3.30. The van der Waals surface area contributed by atoms with Crippen LogP contribution < -0.4 is 5.32 Å². The highest BCUT2D eigenvalue weighted by Gasteiger charge is 2.10. The quantitative estimate of drug-likeness (QED) is 0.821. The molecule has 2 rings (SSSR count). The summed E-state index contributed by atoms with van der Waals surface area (Å²) in [7, 11) is 0. The third-order valence-corrected chi connectivity index (χ3v) is 3.65. The molecule has 0 heterocycles. The highest BCUT2D eigenvalue weighted by Crippen LogP contribution is 2.25. The van der Waals surface area contributed by atoms with Gasteiger partial charge in [0.2, 0.25) is 0 Å². The highest BCUT2D eigenvalue weighted by molar-refractivity contribution is 7.98. The number of aromatic carboxylic acids is 1. The first-order chi connectivity index (χ1) is 9.61. The van der Waals surface area contributed by atoms with Crippen LogP contribution in [-0.2, 0) is 6.54 Å². The van der Waals surface area contributed by atoms with Crippen molar-refractivity contribution in [2.24, 2.45) is 0 Å². The summed E-state index contributed by atoms with van der Waals surface area (Å²) in [5.41, 5.74) is 1.37. The predicted molar refractivity (Wildman–Crippen MR) is 78.9 cm³/mol. The Morgan fingerprint density at radius 3 is 2.70 bits per heavy atom. The van der Waals surface area contributed by atoms with E-state index in [2.05, 4.69) is 5.32 Å². The number of benzene rings is 2. The Hall–Kier alpha value is -2.01. The van der Waals surface area contributed by atoms with Gasteiger partial charge in [-0.25, -0.2) is 9.18 Å². The molecule has 0 atom stereocenters.